The maximum absolute atomic E-state index is 5.65. The van der Waals surface area contributed by atoms with Crippen LogP contribution in [0.1, 0.15) is 19.8 Å². The van der Waals surface area contributed by atoms with Crippen LogP contribution in [-0.4, -0.2) is 38.5 Å². The van der Waals surface area contributed by atoms with Crippen LogP contribution in [0.3, 0.4) is 0 Å². The maximum Gasteiger partial charge on any atom is 0.0809 e. The van der Waals surface area contributed by atoms with Gasteiger partial charge in [-0.2, -0.15) is 0 Å². The number of ether oxygens (including phenoxy) is 2. The first-order valence-electron chi connectivity index (χ1n) is 5.37. The molecule has 0 aliphatic carbocycles. The second-order valence-electron chi connectivity index (χ2n) is 3.73. The Morgan fingerprint density at radius 1 is 1.71 bits per heavy atom. The van der Waals surface area contributed by atoms with E-state index >= 15 is 0 Å². The lowest BCUT2D eigenvalue weighted by atomic mass is 10.2. The van der Waals surface area contributed by atoms with Crippen molar-refractivity contribution in [2.24, 2.45) is 0 Å². The summed E-state index contributed by atoms with van der Waals surface area (Å²) in [6, 6.07) is 0. The van der Waals surface area contributed by atoms with E-state index < -0.39 is 0 Å². The molecular formula is C11H21NO2. The van der Waals surface area contributed by atoms with E-state index in [1.165, 1.54) is 6.42 Å². The van der Waals surface area contributed by atoms with Crippen LogP contribution in [0.5, 0.6) is 0 Å². The van der Waals surface area contributed by atoms with Gasteiger partial charge in [-0.25, -0.2) is 0 Å². The summed E-state index contributed by atoms with van der Waals surface area (Å²) < 4.78 is 11.1. The largest absolute Gasteiger partial charge is 0.376 e. The minimum absolute atomic E-state index is 0.249. The lowest BCUT2D eigenvalue weighted by molar-refractivity contribution is -0.0129. The van der Waals surface area contributed by atoms with Crippen LogP contribution in [0, 0.1) is 0 Å². The standard InChI is InChI=1S/C11H21NO2/c1-3-6-12-8-10(2)14-9-11-5-4-7-13-11/h3,10-12H,1,4-9H2,2H3. The van der Waals surface area contributed by atoms with Gasteiger partial charge in [-0.3, -0.25) is 0 Å². The average Bonchev–Trinajstić information content (AvgIpc) is 2.68. The topological polar surface area (TPSA) is 30.5 Å². The van der Waals surface area contributed by atoms with Crippen LogP contribution >= 0.6 is 0 Å². The Hall–Kier alpha value is -0.380. The lowest BCUT2D eigenvalue weighted by Crippen LogP contribution is -2.29. The average molecular weight is 199 g/mol. The Labute approximate surface area is 86.5 Å². The summed E-state index contributed by atoms with van der Waals surface area (Å²) in [5, 5.41) is 3.23. The minimum Gasteiger partial charge on any atom is -0.376 e. The molecule has 0 saturated carbocycles. The van der Waals surface area contributed by atoms with E-state index in [0.717, 1.165) is 32.7 Å². The highest BCUT2D eigenvalue weighted by atomic mass is 16.5. The molecule has 2 unspecified atom stereocenters. The molecule has 1 N–H and O–H groups in total. The fourth-order valence-electron chi connectivity index (χ4n) is 1.49. The van der Waals surface area contributed by atoms with Crippen LogP contribution in [-0.2, 0) is 9.47 Å². The Morgan fingerprint density at radius 2 is 2.57 bits per heavy atom. The molecular weight excluding hydrogens is 178 g/mol. The third-order valence-electron chi connectivity index (χ3n) is 2.31. The Bertz CT molecular complexity index is 155. The van der Waals surface area contributed by atoms with Gasteiger partial charge in [0, 0.05) is 19.7 Å². The smallest absolute Gasteiger partial charge is 0.0809 e. The van der Waals surface area contributed by atoms with Gasteiger partial charge >= 0.3 is 0 Å². The van der Waals surface area contributed by atoms with Gasteiger partial charge in [0.2, 0.25) is 0 Å². The first kappa shape index (κ1) is 11.7. The fraction of sp³-hybridized carbons (Fsp3) is 0.818. The number of hydrogen-bond donors (Lipinski definition) is 1. The van der Waals surface area contributed by atoms with Crippen molar-refractivity contribution in [2.75, 3.05) is 26.3 Å². The highest BCUT2D eigenvalue weighted by molar-refractivity contribution is 4.71. The summed E-state index contributed by atoms with van der Waals surface area (Å²) in [6.07, 6.45) is 4.76. The van der Waals surface area contributed by atoms with E-state index in [4.69, 9.17) is 9.47 Å². The van der Waals surface area contributed by atoms with E-state index in [1.54, 1.807) is 0 Å². The predicted octanol–water partition coefficient (Wildman–Crippen LogP) is 1.35. The third-order valence-corrected chi connectivity index (χ3v) is 2.31. The van der Waals surface area contributed by atoms with E-state index in [2.05, 4.69) is 18.8 Å². The number of rotatable bonds is 7. The third kappa shape index (κ3) is 4.74. The first-order valence-corrected chi connectivity index (χ1v) is 5.37. The molecule has 0 bridgehead atoms. The molecule has 0 radical (unpaired) electrons. The Morgan fingerprint density at radius 3 is 3.21 bits per heavy atom. The zero-order valence-electron chi connectivity index (χ0n) is 9.00. The van der Waals surface area contributed by atoms with Gasteiger partial charge in [-0.05, 0) is 19.8 Å². The highest BCUT2D eigenvalue weighted by Gasteiger charge is 2.16. The molecule has 3 nitrogen and oxygen atoms in total. The van der Waals surface area contributed by atoms with Crippen LogP contribution in [0.15, 0.2) is 12.7 Å². The molecule has 3 heteroatoms. The minimum atomic E-state index is 0.249. The van der Waals surface area contributed by atoms with Crippen molar-refractivity contribution in [1.82, 2.24) is 5.32 Å². The van der Waals surface area contributed by atoms with E-state index in [-0.39, 0.29) is 6.10 Å². The van der Waals surface area contributed by atoms with Crippen molar-refractivity contribution in [3.8, 4) is 0 Å². The quantitative estimate of drug-likeness (QED) is 0.496. The summed E-state index contributed by atoms with van der Waals surface area (Å²) in [4.78, 5) is 0. The SMILES string of the molecule is C=CCNCC(C)OCC1CCCO1. The summed E-state index contributed by atoms with van der Waals surface area (Å²) in [5.74, 6) is 0. The van der Waals surface area contributed by atoms with Crippen LogP contribution in [0.25, 0.3) is 0 Å². The van der Waals surface area contributed by atoms with Crippen molar-refractivity contribution in [3.05, 3.63) is 12.7 Å². The van der Waals surface area contributed by atoms with Gasteiger partial charge in [-0.1, -0.05) is 6.08 Å². The van der Waals surface area contributed by atoms with Crippen molar-refractivity contribution < 1.29 is 9.47 Å². The molecule has 0 aromatic heterocycles. The van der Waals surface area contributed by atoms with Gasteiger partial charge in [0.15, 0.2) is 0 Å². The molecule has 1 aliphatic heterocycles. The molecule has 1 fully saturated rings. The van der Waals surface area contributed by atoms with Gasteiger partial charge < -0.3 is 14.8 Å². The molecule has 1 aliphatic rings. The van der Waals surface area contributed by atoms with Crippen molar-refractivity contribution >= 4 is 0 Å². The summed E-state index contributed by atoms with van der Waals surface area (Å²) in [6.45, 7) is 9.07. The van der Waals surface area contributed by atoms with E-state index in [9.17, 15) is 0 Å². The molecule has 0 amide bonds. The van der Waals surface area contributed by atoms with Crippen molar-refractivity contribution in [1.29, 1.82) is 0 Å². The van der Waals surface area contributed by atoms with Crippen molar-refractivity contribution in [3.63, 3.8) is 0 Å². The predicted molar refractivity (Wildman–Crippen MR) is 57.5 cm³/mol. The molecule has 2 atom stereocenters. The molecule has 82 valence electrons. The second kappa shape index (κ2) is 6.98. The van der Waals surface area contributed by atoms with Gasteiger partial charge in [0.05, 0.1) is 18.8 Å². The fourth-order valence-corrected chi connectivity index (χ4v) is 1.49. The Kier molecular flexibility index (Phi) is 5.83. The van der Waals surface area contributed by atoms with Gasteiger partial charge in [0.1, 0.15) is 0 Å². The van der Waals surface area contributed by atoms with Crippen molar-refractivity contribution in [2.45, 2.75) is 32.0 Å². The van der Waals surface area contributed by atoms with Crippen LogP contribution in [0.4, 0.5) is 0 Å². The van der Waals surface area contributed by atoms with Crippen LogP contribution < -0.4 is 5.32 Å². The maximum atomic E-state index is 5.65. The zero-order valence-corrected chi connectivity index (χ0v) is 9.00. The zero-order chi connectivity index (χ0) is 10.2. The summed E-state index contributed by atoms with van der Waals surface area (Å²) in [5.41, 5.74) is 0. The molecule has 14 heavy (non-hydrogen) atoms. The van der Waals surface area contributed by atoms with Gasteiger partial charge in [-0.15, -0.1) is 6.58 Å². The van der Waals surface area contributed by atoms with E-state index in [1.807, 2.05) is 6.08 Å². The van der Waals surface area contributed by atoms with Crippen LogP contribution in [0.2, 0.25) is 0 Å². The molecule has 1 rings (SSSR count). The monoisotopic (exact) mass is 199 g/mol. The first-order chi connectivity index (χ1) is 6.83. The van der Waals surface area contributed by atoms with Gasteiger partial charge in [0.25, 0.3) is 0 Å². The molecule has 1 heterocycles. The molecule has 0 spiro atoms. The molecule has 0 aromatic carbocycles. The summed E-state index contributed by atoms with van der Waals surface area (Å²) in [7, 11) is 0. The highest BCUT2D eigenvalue weighted by Crippen LogP contribution is 2.12. The molecule has 1 saturated heterocycles. The molecule has 0 aromatic rings. The number of nitrogens with one attached hydrogen (secondary N) is 1. The summed E-state index contributed by atoms with van der Waals surface area (Å²) >= 11 is 0. The normalized spacial score (nSPS) is 23.6. The Balaban J connectivity index is 1.96. The lowest BCUT2D eigenvalue weighted by Gasteiger charge is -2.16. The van der Waals surface area contributed by atoms with E-state index in [0.29, 0.717) is 6.10 Å². The second-order valence-corrected chi connectivity index (χ2v) is 3.73. The number of hydrogen-bond acceptors (Lipinski definition) is 3.